The van der Waals surface area contributed by atoms with E-state index in [2.05, 4.69) is 36.3 Å². The first kappa shape index (κ1) is 22.5. The van der Waals surface area contributed by atoms with Gasteiger partial charge in [0.2, 0.25) is 5.91 Å². The summed E-state index contributed by atoms with van der Waals surface area (Å²) in [4.78, 5) is 31.3. The highest BCUT2D eigenvalue weighted by Crippen LogP contribution is 2.32. The second-order valence-corrected chi connectivity index (χ2v) is 9.55. The van der Waals surface area contributed by atoms with Gasteiger partial charge in [-0.15, -0.1) is 11.3 Å². The molecule has 0 aliphatic carbocycles. The number of anilines is 1. The van der Waals surface area contributed by atoms with Gasteiger partial charge in [-0.25, -0.2) is 4.98 Å². The molecular weight excluding hydrogens is 465 g/mol. The summed E-state index contributed by atoms with van der Waals surface area (Å²) in [6.07, 6.45) is 1.41. The predicted molar refractivity (Wildman–Crippen MR) is 133 cm³/mol. The van der Waals surface area contributed by atoms with Gasteiger partial charge in [-0.05, 0) is 42.2 Å². The number of nitrogens with one attached hydrogen (secondary N) is 1. The van der Waals surface area contributed by atoms with Crippen molar-refractivity contribution in [3.63, 3.8) is 0 Å². The van der Waals surface area contributed by atoms with Crippen molar-refractivity contribution in [2.24, 2.45) is 0 Å². The van der Waals surface area contributed by atoms with Crippen molar-refractivity contribution >= 4 is 56.3 Å². The maximum Gasteiger partial charge on any atom is 0.263 e. The Bertz CT molecular complexity index is 1360. The second-order valence-electron chi connectivity index (χ2n) is 7.85. The minimum absolute atomic E-state index is 0.265. The molecule has 1 amide bonds. The minimum atomic E-state index is -0.800. The molecule has 1 atom stereocenters. The fourth-order valence-electron chi connectivity index (χ4n) is 3.44. The number of aromatic nitrogens is 2. The second kappa shape index (κ2) is 9.06. The third-order valence-electron chi connectivity index (χ3n) is 5.39. The lowest BCUT2D eigenvalue weighted by Gasteiger charge is -2.16. The number of nitrogens with zero attached hydrogens (tertiary/aromatic N) is 2. The summed E-state index contributed by atoms with van der Waals surface area (Å²) in [5.41, 5.74) is 3.12. The number of thiophene rings is 1. The highest BCUT2D eigenvalue weighted by atomic mass is 35.5. The SMILES string of the molecule is CC(C)c1ccc(-c2csc3ncn(C(C)C(=O)Nc4cc(Cl)ccc4Cl)c(=O)c23)cc1. The quantitative estimate of drug-likeness (QED) is 0.339. The zero-order valence-electron chi connectivity index (χ0n) is 17.7. The van der Waals surface area contributed by atoms with Crippen molar-refractivity contribution in [3.05, 3.63) is 80.1 Å². The average molecular weight is 486 g/mol. The molecule has 0 aliphatic heterocycles. The molecule has 0 saturated carbocycles. The topological polar surface area (TPSA) is 64.0 Å². The lowest BCUT2D eigenvalue weighted by Crippen LogP contribution is -2.31. The van der Waals surface area contributed by atoms with E-state index in [1.807, 2.05) is 17.5 Å². The number of halogens is 2. The van der Waals surface area contributed by atoms with Crippen LogP contribution in [0.15, 0.2) is 59.0 Å². The molecule has 4 aromatic rings. The van der Waals surface area contributed by atoms with E-state index in [1.165, 1.54) is 27.8 Å². The lowest BCUT2D eigenvalue weighted by atomic mass is 9.99. The van der Waals surface area contributed by atoms with Crippen molar-refractivity contribution in [2.75, 3.05) is 5.32 Å². The van der Waals surface area contributed by atoms with Gasteiger partial charge >= 0.3 is 0 Å². The maximum absolute atomic E-state index is 13.4. The van der Waals surface area contributed by atoms with Crippen LogP contribution >= 0.6 is 34.5 Å². The molecule has 0 fully saturated rings. The number of carbonyl (C=O) groups excluding carboxylic acids is 1. The van der Waals surface area contributed by atoms with Crippen molar-refractivity contribution < 1.29 is 4.79 Å². The molecule has 8 heteroatoms. The van der Waals surface area contributed by atoms with Gasteiger partial charge in [-0.2, -0.15) is 0 Å². The molecule has 1 unspecified atom stereocenters. The summed E-state index contributed by atoms with van der Waals surface area (Å²) in [5.74, 6) is 0.0324. The Morgan fingerprint density at radius 2 is 1.81 bits per heavy atom. The monoisotopic (exact) mass is 485 g/mol. The van der Waals surface area contributed by atoms with Crippen LogP contribution in [0.3, 0.4) is 0 Å². The fourth-order valence-corrected chi connectivity index (χ4v) is 4.68. The number of rotatable bonds is 5. The minimum Gasteiger partial charge on any atom is -0.323 e. The van der Waals surface area contributed by atoms with E-state index in [4.69, 9.17) is 23.2 Å². The molecule has 0 spiro atoms. The predicted octanol–water partition coefficient (Wildman–Crippen LogP) is 6.75. The number of benzene rings is 2. The van der Waals surface area contributed by atoms with Gasteiger partial charge in [0, 0.05) is 16.0 Å². The lowest BCUT2D eigenvalue weighted by molar-refractivity contribution is -0.118. The third kappa shape index (κ3) is 4.31. The summed E-state index contributed by atoms with van der Waals surface area (Å²) in [6, 6.07) is 12.2. The normalized spacial score (nSPS) is 12.3. The van der Waals surface area contributed by atoms with Crippen LogP contribution in [0.2, 0.25) is 10.0 Å². The Morgan fingerprint density at radius 3 is 2.50 bits per heavy atom. The molecule has 5 nitrogen and oxygen atoms in total. The highest BCUT2D eigenvalue weighted by Gasteiger charge is 2.21. The summed E-state index contributed by atoms with van der Waals surface area (Å²) in [6.45, 7) is 5.92. The smallest absolute Gasteiger partial charge is 0.263 e. The number of carbonyl (C=O) groups is 1. The van der Waals surface area contributed by atoms with Crippen LogP contribution in [0.25, 0.3) is 21.3 Å². The molecule has 0 saturated heterocycles. The van der Waals surface area contributed by atoms with E-state index in [0.29, 0.717) is 31.9 Å². The molecule has 2 aromatic heterocycles. The van der Waals surface area contributed by atoms with Crippen LogP contribution in [0.4, 0.5) is 5.69 Å². The van der Waals surface area contributed by atoms with Crippen LogP contribution in [0.5, 0.6) is 0 Å². The molecule has 2 heterocycles. The van der Waals surface area contributed by atoms with Crippen molar-refractivity contribution in [1.82, 2.24) is 9.55 Å². The van der Waals surface area contributed by atoms with Crippen molar-refractivity contribution in [2.45, 2.75) is 32.7 Å². The number of fused-ring (bicyclic) bond motifs is 1. The van der Waals surface area contributed by atoms with Gasteiger partial charge in [0.1, 0.15) is 10.9 Å². The Labute approximate surface area is 199 Å². The Morgan fingerprint density at radius 1 is 1.09 bits per heavy atom. The summed E-state index contributed by atoms with van der Waals surface area (Å²) < 4.78 is 1.34. The van der Waals surface area contributed by atoms with Crippen LogP contribution < -0.4 is 10.9 Å². The standard InChI is InChI=1S/C24H21Cl2N3O2S/c1-13(2)15-4-6-16(7-5-15)18-11-32-23-21(18)24(31)29(12-27-23)14(3)22(30)28-20-10-17(25)8-9-19(20)26/h4-14H,1-3H3,(H,28,30). The largest absolute Gasteiger partial charge is 0.323 e. The molecule has 4 rings (SSSR count). The zero-order chi connectivity index (χ0) is 23.0. The first-order valence-electron chi connectivity index (χ1n) is 10.1. The first-order chi connectivity index (χ1) is 15.3. The van der Waals surface area contributed by atoms with E-state index < -0.39 is 11.9 Å². The van der Waals surface area contributed by atoms with Gasteiger partial charge in [0.05, 0.1) is 22.4 Å². The molecule has 0 aliphatic rings. The fraction of sp³-hybridized carbons (Fsp3) is 0.208. The molecule has 0 bridgehead atoms. The van der Waals surface area contributed by atoms with Gasteiger partial charge in [-0.3, -0.25) is 14.2 Å². The average Bonchev–Trinajstić information content (AvgIpc) is 3.21. The van der Waals surface area contributed by atoms with Crippen LogP contribution in [0.1, 0.15) is 38.3 Å². The van der Waals surface area contributed by atoms with Gasteiger partial charge in [-0.1, -0.05) is 61.3 Å². The van der Waals surface area contributed by atoms with Crippen molar-refractivity contribution in [3.8, 4) is 11.1 Å². The Balaban J connectivity index is 1.70. The van der Waals surface area contributed by atoms with E-state index >= 15 is 0 Å². The molecule has 1 N–H and O–H groups in total. The Hall–Kier alpha value is -2.67. The van der Waals surface area contributed by atoms with Crippen LogP contribution in [-0.4, -0.2) is 15.5 Å². The van der Waals surface area contributed by atoms with Gasteiger partial charge in [0.25, 0.3) is 5.56 Å². The van der Waals surface area contributed by atoms with Gasteiger partial charge < -0.3 is 5.32 Å². The van der Waals surface area contributed by atoms with Crippen LogP contribution in [-0.2, 0) is 4.79 Å². The summed E-state index contributed by atoms with van der Waals surface area (Å²) in [5, 5.41) is 6.00. The van der Waals surface area contributed by atoms with E-state index in [0.717, 1.165) is 11.1 Å². The molecule has 164 valence electrons. The molecule has 2 aromatic carbocycles. The molecule has 0 radical (unpaired) electrons. The molecule has 32 heavy (non-hydrogen) atoms. The van der Waals surface area contributed by atoms with E-state index in [1.54, 1.807) is 25.1 Å². The molecular formula is C24H21Cl2N3O2S. The zero-order valence-corrected chi connectivity index (χ0v) is 20.1. The summed E-state index contributed by atoms with van der Waals surface area (Å²) >= 11 is 13.6. The third-order valence-corrected chi connectivity index (χ3v) is 6.84. The van der Waals surface area contributed by atoms with Gasteiger partial charge in [0.15, 0.2) is 0 Å². The van der Waals surface area contributed by atoms with E-state index in [-0.39, 0.29) is 5.56 Å². The summed E-state index contributed by atoms with van der Waals surface area (Å²) in [7, 11) is 0. The Kier molecular flexibility index (Phi) is 6.38. The van der Waals surface area contributed by atoms with Crippen molar-refractivity contribution in [1.29, 1.82) is 0 Å². The van der Waals surface area contributed by atoms with E-state index in [9.17, 15) is 9.59 Å². The van der Waals surface area contributed by atoms with Crippen LogP contribution in [0, 0.1) is 0 Å². The number of amides is 1. The maximum atomic E-state index is 13.4. The highest BCUT2D eigenvalue weighted by molar-refractivity contribution is 7.17. The number of hydrogen-bond acceptors (Lipinski definition) is 4. The first-order valence-corrected chi connectivity index (χ1v) is 11.7. The number of hydrogen-bond donors (Lipinski definition) is 1.